The molecule has 122 valence electrons. The maximum atomic E-state index is 12.6. The zero-order valence-corrected chi connectivity index (χ0v) is 13.3. The van der Waals surface area contributed by atoms with E-state index in [1.165, 1.54) is 5.56 Å². The van der Waals surface area contributed by atoms with Crippen LogP contribution in [-0.4, -0.2) is 33.5 Å². The lowest BCUT2D eigenvalue weighted by molar-refractivity contribution is -0.126. The normalized spacial score (nSPS) is 22.7. The molecule has 1 aromatic carbocycles. The number of rotatable bonds is 2. The van der Waals surface area contributed by atoms with Crippen molar-refractivity contribution in [2.24, 2.45) is 5.92 Å². The molecule has 0 unspecified atom stereocenters. The average molecular weight is 314 g/mol. The first-order valence-corrected chi connectivity index (χ1v) is 8.02. The van der Waals surface area contributed by atoms with E-state index in [0.717, 1.165) is 25.0 Å². The van der Waals surface area contributed by atoms with Gasteiger partial charge < -0.3 is 10.1 Å². The number of aryl methyl sites for hydroxylation is 1. The predicted molar refractivity (Wildman–Crippen MR) is 85.5 cm³/mol. The number of fused-ring (bicyclic) bond motifs is 1. The number of benzene rings is 1. The van der Waals surface area contributed by atoms with Crippen LogP contribution in [0.5, 0.6) is 0 Å². The van der Waals surface area contributed by atoms with Crippen LogP contribution in [-0.2, 0) is 29.1 Å². The molecule has 1 amide bonds. The van der Waals surface area contributed by atoms with E-state index in [0.29, 0.717) is 13.3 Å². The number of carbonyl (C=O) groups is 1. The van der Waals surface area contributed by atoms with Crippen LogP contribution >= 0.6 is 0 Å². The van der Waals surface area contributed by atoms with Crippen molar-refractivity contribution in [3.63, 3.8) is 0 Å². The molecule has 0 spiro atoms. The van der Waals surface area contributed by atoms with E-state index >= 15 is 0 Å². The standard InChI is InChI=1S/C17H22N4O2/c1-13-11-23-12-21-16(10-18-20-21)8-7-15(17(22)19-13)9-14-5-3-2-4-6-14/h2-6,10,13,15H,7-9,11-12H2,1H3,(H,19,22)/t13-,15-/m1/s1. The third kappa shape index (κ3) is 4.16. The van der Waals surface area contributed by atoms with Crippen molar-refractivity contribution < 1.29 is 9.53 Å². The van der Waals surface area contributed by atoms with Crippen molar-refractivity contribution in [1.82, 2.24) is 20.3 Å². The van der Waals surface area contributed by atoms with Gasteiger partial charge in [-0.1, -0.05) is 35.5 Å². The van der Waals surface area contributed by atoms with E-state index in [4.69, 9.17) is 4.74 Å². The zero-order valence-electron chi connectivity index (χ0n) is 13.3. The maximum absolute atomic E-state index is 12.6. The van der Waals surface area contributed by atoms with E-state index in [9.17, 15) is 4.79 Å². The van der Waals surface area contributed by atoms with Gasteiger partial charge in [0.05, 0.1) is 18.5 Å². The van der Waals surface area contributed by atoms with E-state index in [2.05, 4.69) is 27.8 Å². The Kier molecular flexibility index (Phi) is 5.02. The third-order valence-electron chi connectivity index (χ3n) is 4.11. The summed E-state index contributed by atoms with van der Waals surface area (Å²) in [4.78, 5) is 12.6. The van der Waals surface area contributed by atoms with Crippen molar-refractivity contribution in [2.75, 3.05) is 6.61 Å². The predicted octanol–water partition coefficient (Wildman–Crippen LogP) is 1.56. The minimum absolute atomic E-state index is 0.0224. The summed E-state index contributed by atoms with van der Waals surface area (Å²) >= 11 is 0. The minimum atomic E-state index is -0.0682. The van der Waals surface area contributed by atoms with Gasteiger partial charge in [0.1, 0.15) is 6.73 Å². The summed E-state index contributed by atoms with van der Waals surface area (Å²) in [5.41, 5.74) is 2.18. The number of nitrogens with one attached hydrogen (secondary N) is 1. The summed E-state index contributed by atoms with van der Waals surface area (Å²) in [5.74, 6) is 0.0205. The Morgan fingerprint density at radius 2 is 2.17 bits per heavy atom. The molecule has 1 aromatic heterocycles. The molecule has 2 aromatic rings. The number of aromatic nitrogens is 3. The maximum Gasteiger partial charge on any atom is 0.223 e. The van der Waals surface area contributed by atoms with E-state index < -0.39 is 0 Å². The van der Waals surface area contributed by atoms with Gasteiger partial charge in [-0.05, 0) is 31.7 Å². The monoisotopic (exact) mass is 314 g/mol. The fraction of sp³-hybridized carbons (Fsp3) is 0.471. The molecule has 0 saturated heterocycles. The van der Waals surface area contributed by atoms with Crippen molar-refractivity contribution >= 4 is 5.91 Å². The molecule has 0 radical (unpaired) electrons. The molecule has 23 heavy (non-hydrogen) atoms. The third-order valence-corrected chi connectivity index (χ3v) is 4.11. The van der Waals surface area contributed by atoms with Gasteiger partial charge in [0.2, 0.25) is 5.91 Å². The van der Waals surface area contributed by atoms with Crippen LogP contribution in [0.4, 0.5) is 0 Å². The SMILES string of the molecule is C[C@@H]1COCn2nncc2CC[C@H](Cc2ccccc2)C(=O)N1. The molecular formula is C17H22N4O2. The zero-order chi connectivity index (χ0) is 16.1. The van der Waals surface area contributed by atoms with Gasteiger partial charge in [0.25, 0.3) is 0 Å². The second kappa shape index (κ2) is 7.37. The van der Waals surface area contributed by atoms with Gasteiger partial charge in [-0.25, -0.2) is 4.68 Å². The Morgan fingerprint density at radius 1 is 1.35 bits per heavy atom. The number of carbonyl (C=O) groups excluding carboxylic acids is 1. The smallest absolute Gasteiger partial charge is 0.223 e. The molecule has 0 aliphatic carbocycles. The average Bonchev–Trinajstić information content (AvgIpc) is 2.98. The molecule has 6 nitrogen and oxygen atoms in total. The lowest BCUT2D eigenvalue weighted by Crippen LogP contribution is -2.40. The highest BCUT2D eigenvalue weighted by Crippen LogP contribution is 2.17. The topological polar surface area (TPSA) is 69.0 Å². The Labute approximate surface area is 135 Å². The fourth-order valence-electron chi connectivity index (χ4n) is 2.85. The van der Waals surface area contributed by atoms with Gasteiger partial charge in [0, 0.05) is 12.0 Å². The van der Waals surface area contributed by atoms with Crippen LogP contribution in [0.3, 0.4) is 0 Å². The Morgan fingerprint density at radius 3 is 3.00 bits per heavy atom. The number of hydrogen-bond acceptors (Lipinski definition) is 4. The van der Waals surface area contributed by atoms with Crippen LogP contribution in [0, 0.1) is 5.92 Å². The van der Waals surface area contributed by atoms with Gasteiger partial charge in [-0.2, -0.15) is 0 Å². The van der Waals surface area contributed by atoms with Crippen LogP contribution in [0.2, 0.25) is 0 Å². The van der Waals surface area contributed by atoms with Crippen LogP contribution < -0.4 is 5.32 Å². The van der Waals surface area contributed by atoms with Gasteiger partial charge >= 0.3 is 0 Å². The van der Waals surface area contributed by atoms with Gasteiger partial charge in [-0.15, -0.1) is 5.10 Å². The van der Waals surface area contributed by atoms with Crippen molar-refractivity contribution in [2.45, 2.75) is 39.0 Å². The van der Waals surface area contributed by atoms with E-state index in [-0.39, 0.29) is 17.9 Å². The summed E-state index contributed by atoms with van der Waals surface area (Å²) in [6.45, 7) is 2.79. The van der Waals surface area contributed by atoms with E-state index in [1.807, 2.05) is 25.1 Å². The summed E-state index contributed by atoms with van der Waals surface area (Å²) < 4.78 is 7.38. The highest BCUT2D eigenvalue weighted by molar-refractivity contribution is 5.79. The molecule has 2 atom stereocenters. The molecule has 1 aliphatic heterocycles. The Hall–Kier alpha value is -2.21. The second-order valence-corrected chi connectivity index (χ2v) is 6.06. The van der Waals surface area contributed by atoms with Crippen molar-refractivity contribution in [3.8, 4) is 0 Å². The number of ether oxygens (including phenoxy) is 1. The first-order chi connectivity index (χ1) is 11.2. The van der Waals surface area contributed by atoms with E-state index in [1.54, 1.807) is 10.9 Å². The lowest BCUT2D eigenvalue weighted by atomic mass is 9.93. The second-order valence-electron chi connectivity index (χ2n) is 6.06. The summed E-state index contributed by atoms with van der Waals surface area (Å²) in [5, 5.41) is 11.1. The van der Waals surface area contributed by atoms with Crippen LogP contribution in [0.1, 0.15) is 24.6 Å². The lowest BCUT2D eigenvalue weighted by Gasteiger charge is -2.19. The largest absolute Gasteiger partial charge is 0.357 e. The summed E-state index contributed by atoms with van der Waals surface area (Å²) in [6.07, 6.45) is 4.01. The van der Waals surface area contributed by atoms with Crippen LogP contribution in [0.15, 0.2) is 36.5 Å². The highest BCUT2D eigenvalue weighted by atomic mass is 16.5. The molecule has 0 bridgehead atoms. The Bertz CT molecular complexity index is 641. The summed E-state index contributed by atoms with van der Waals surface area (Å²) in [6, 6.07) is 10.1. The molecule has 0 saturated carbocycles. The molecule has 6 heteroatoms. The van der Waals surface area contributed by atoms with Crippen LogP contribution in [0.25, 0.3) is 0 Å². The van der Waals surface area contributed by atoms with Gasteiger partial charge in [-0.3, -0.25) is 4.79 Å². The van der Waals surface area contributed by atoms with Crippen molar-refractivity contribution in [1.29, 1.82) is 0 Å². The first-order valence-electron chi connectivity index (χ1n) is 8.02. The fourth-order valence-corrected chi connectivity index (χ4v) is 2.85. The molecular weight excluding hydrogens is 292 g/mol. The number of amides is 1. The molecule has 1 aliphatic rings. The number of nitrogens with zero attached hydrogens (tertiary/aromatic N) is 3. The molecule has 2 heterocycles. The molecule has 0 fully saturated rings. The summed E-state index contributed by atoms with van der Waals surface area (Å²) in [7, 11) is 0. The number of hydrogen-bond donors (Lipinski definition) is 1. The first kappa shape index (κ1) is 15.7. The molecule has 1 N–H and O–H groups in total. The van der Waals surface area contributed by atoms with Crippen molar-refractivity contribution in [3.05, 3.63) is 47.8 Å². The quantitative estimate of drug-likeness (QED) is 0.913. The molecule has 3 rings (SSSR count). The minimum Gasteiger partial charge on any atom is -0.357 e. The highest BCUT2D eigenvalue weighted by Gasteiger charge is 2.22. The Balaban J connectivity index is 1.77. The van der Waals surface area contributed by atoms with Gasteiger partial charge in [0.15, 0.2) is 0 Å².